The molecule has 3 heteroatoms. The number of hydrogen-bond donors (Lipinski definition) is 1. The summed E-state index contributed by atoms with van der Waals surface area (Å²) in [7, 11) is 0. The first-order valence-electron chi connectivity index (χ1n) is 4.75. The second-order valence-corrected chi connectivity index (χ2v) is 3.55. The Labute approximate surface area is 83.1 Å². The van der Waals surface area contributed by atoms with Crippen molar-refractivity contribution >= 4 is 6.09 Å². The lowest BCUT2D eigenvalue weighted by atomic mass is 9.92. The highest BCUT2D eigenvalue weighted by atomic mass is 16.6. The summed E-state index contributed by atoms with van der Waals surface area (Å²) in [5.41, 5.74) is 1.21. The van der Waals surface area contributed by atoms with Gasteiger partial charge in [-0.25, -0.2) is 4.79 Å². The summed E-state index contributed by atoms with van der Waals surface area (Å²) < 4.78 is 4.97. The van der Waals surface area contributed by atoms with Gasteiger partial charge in [-0.2, -0.15) is 0 Å². The van der Waals surface area contributed by atoms with Crippen LogP contribution in [0.3, 0.4) is 0 Å². The molecule has 1 aromatic carbocycles. The number of amides is 1. The summed E-state index contributed by atoms with van der Waals surface area (Å²) in [6, 6.07) is 10.2. The molecule has 2 rings (SSSR count). The molecule has 0 aliphatic carbocycles. The van der Waals surface area contributed by atoms with Gasteiger partial charge in [-0.1, -0.05) is 30.3 Å². The topological polar surface area (TPSA) is 38.3 Å². The van der Waals surface area contributed by atoms with Crippen LogP contribution in [0.4, 0.5) is 4.79 Å². The van der Waals surface area contributed by atoms with Crippen molar-refractivity contribution in [2.45, 2.75) is 18.9 Å². The lowest BCUT2D eigenvalue weighted by molar-refractivity contribution is 0.106. The van der Waals surface area contributed by atoms with Crippen molar-refractivity contribution in [1.29, 1.82) is 0 Å². The van der Waals surface area contributed by atoms with Gasteiger partial charge in [0.2, 0.25) is 0 Å². The van der Waals surface area contributed by atoms with E-state index in [1.807, 2.05) is 25.1 Å². The van der Waals surface area contributed by atoms with Crippen LogP contribution < -0.4 is 5.32 Å². The lowest BCUT2D eigenvalue weighted by Crippen LogP contribution is -2.44. The molecule has 1 N–H and O–H groups in total. The van der Waals surface area contributed by atoms with Crippen molar-refractivity contribution in [3.8, 4) is 0 Å². The average molecular weight is 191 g/mol. The van der Waals surface area contributed by atoms with E-state index in [1.54, 1.807) is 0 Å². The van der Waals surface area contributed by atoms with Gasteiger partial charge >= 0.3 is 6.09 Å². The van der Waals surface area contributed by atoms with Crippen molar-refractivity contribution in [3.63, 3.8) is 0 Å². The zero-order chi connectivity index (χ0) is 9.97. The van der Waals surface area contributed by atoms with Crippen molar-refractivity contribution in [3.05, 3.63) is 35.9 Å². The van der Waals surface area contributed by atoms with E-state index in [4.69, 9.17) is 4.74 Å². The first-order chi connectivity index (χ1) is 6.77. The highest BCUT2D eigenvalue weighted by Gasteiger charge is 2.27. The van der Waals surface area contributed by atoms with Gasteiger partial charge in [0.1, 0.15) is 6.61 Å². The number of nitrogens with one attached hydrogen (secondary N) is 1. The maximum absolute atomic E-state index is 10.9. The molecule has 1 aliphatic rings. The van der Waals surface area contributed by atoms with Gasteiger partial charge in [-0.15, -0.1) is 0 Å². The molecule has 1 amide bonds. The Balaban J connectivity index is 2.16. The number of benzene rings is 1. The van der Waals surface area contributed by atoms with Gasteiger partial charge in [0, 0.05) is 12.0 Å². The number of ether oxygens (including phenoxy) is 1. The van der Waals surface area contributed by atoms with E-state index in [1.165, 1.54) is 5.56 Å². The number of cyclic esters (lactones) is 1. The molecule has 2 unspecified atom stereocenters. The van der Waals surface area contributed by atoms with Gasteiger partial charge in [-0.3, -0.25) is 0 Å². The monoisotopic (exact) mass is 191 g/mol. The Morgan fingerprint density at radius 3 is 2.71 bits per heavy atom. The Kier molecular flexibility index (Phi) is 2.39. The second-order valence-electron chi connectivity index (χ2n) is 3.55. The maximum atomic E-state index is 10.9. The van der Waals surface area contributed by atoms with Crippen LogP contribution in [0.2, 0.25) is 0 Å². The quantitative estimate of drug-likeness (QED) is 0.736. The molecule has 0 aromatic heterocycles. The molecule has 3 nitrogen and oxygen atoms in total. The molecular formula is C11H13NO2. The zero-order valence-electron chi connectivity index (χ0n) is 8.07. The van der Waals surface area contributed by atoms with Crippen LogP contribution >= 0.6 is 0 Å². The first kappa shape index (κ1) is 9.06. The largest absolute Gasteiger partial charge is 0.449 e. The van der Waals surface area contributed by atoms with Crippen molar-refractivity contribution in [1.82, 2.24) is 5.32 Å². The van der Waals surface area contributed by atoms with Crippen LogP contribution in [0.5, 0.6) is 0 Å². The molecule has 1 aliphatic heterocycles. The van der Waals surface area contributed by atoms with Gasteiger partial charge < -0.3 is 10.1 Å². The predicted octanol–water partition coefficient (Wildman–Crippen LogP) is 1.90. The summed E-state index contributed by atoms with van der Waals surface area (Å²) in [5, 5.41) is 2.77. The molecular weight excluding hydrogens is 178 g/mol. The fourth-order valence-electron chi connectivity index (χ4n) is 1.72. The van der Waals surface area contributed by atoms with Crippen LogP contribution in [0, 0.1) is 0 Å². The highest BCUT2D eigenvalue weighted by Crippen LogP contribution is 2.22. The first-order valence-corrected chi connectivity index (χ1v) is 4.75. The van der Waals surface area contributed by atoms with Crippen LogP contribution in [0.25, 0.3) is 0 Å². The minimum absolute atomic E-state index is 0.138. The number of alkyl carbamates (subject to hydrolysis) is 1. The second kappa shape index (κ2) is 3.70. The molecule has 0 saturated carbocycles. The Morgan fingerprint density at radius 1 is 1.36 bits per heavy atom. The van der Waals surface area contributed by atoms with Gasteiger partial charge in [0.25, 0.3) is 0 Å². The number of carbonyl (C=O) groups is 1. The molecule has 1 heterocycles. The van der Waals surface area contributed by atoms with Crippen LogP contribution in [-0.4, -0.2) is 18.7 Å². The highest BCUT2D eigenvalue weighted by molar-refractivity contribution is 5.68. The summed E-state index contributed by atoms with van der Waals surface area (Å²) in [4.78, 5) is 10.9. The summed E-state index contributed by atoms with van der Waals surface area (Å²) in [5.74, 6) is 0.258. The normalized spacial score (nSPS) is 26.5. The van der Waals surface area contributed by atoms with E-state index in [0.717, 1.165) is 0 Å². The maximum Gasteiger partial charge on any atom is 0.407 e. The van der Waals surface area contributed by atoms with E-state index >= 15 is 0 Å². The molecule has 74 valence electrons. The molecule has 14 heavy (non-hydrogen) atoms. The third-order valence-electron chi connectivity index (χ3n) is 2.57. The smallest absolute Gasteiger partial charge is 0.407 e. The van der Waals surface area contributed by atoms with E-state index in [-0.39, 0.29) is 18.1 Å². The minimum atomic E-state index is -0.315. The predicted molar refractivity (Wildman–Crippen MR) is 53.1 cm³/mol. The van der Waals surface area contributed by atoms with Crippen LogP contribution in [-0.2, 0) is 4.74 Å². The van der Waals surface area contributed by atoms with Crippen LogP contribution in [0.1, 0.15) is 18.4 Å². The Morgan fingerprint density at radius 2 is 2.07 bits per heavy atom. The third-order valence-corrected chi connectivity index (χ3v) is 2.57. The SMILES string of the molecule is CC1NC(=O)OCC1c1ccccc1. The molecule has 1 fully saturated rings. The number of rotatable bonds is 1. The van der Waals surface area contributed by atoms with E-state index in [0.29, 0.717) is 6.61 Å². The lowest BCUT2D eigenvalue weighted by Gasteiger charge is -2.29. The van der Waals surface area contributed by atoms with Crippen molar-refractivity contribution in [2.75, 3.05) is 6.61 Å². The molecule has 1 saturated heterocycles. The number of carbonyl (C=O) groups excluding carboxylic acids is 1. The molecule has 0 radical (unpaired) electrons. The fraction of sp³-hybridized carbons (Fsp3) is 0.364. The number of hydrogen-bond acceptors (Lipinski definition) is 2. The van der Waals surface area contributed by atoms with Gasteiger partial charge in [0.15, 0.2) is 0 Å². The van der Waals surface area contributed by atoms with Gasteiger partial charge in [-0.05, 0) is 12.5 Å². The minimum Gasteiger partial charge on any atom is -0.449 e. The molecule has 0 spiro atoms. The zero-order valence-corrected chi connectivity index (χ0v) is 8.07. The van der Waals surface area contributed by atoms with Gasteiger partial charge in [0.05, 0.1) is 0 Å². The van der Waals surface area contributed by atoms with Crippen LogP contribution in [0.15, 0.2) is 30.3 Å². The van der Waals surface area contributed by atoms with E-state index < -0.39 is 0 Å². The van der Waals surface area contributed by atoms with E-state index in [9.17, 15) is 4.79 Å². The summed E-state index contributed by atoms with van der Waals surface area (Å²) >= 11 is 0. The van der Waals surface area contributed by atoms with Crippen molar-refractivity contribution in [2.24, 2.45) is 0 Å². The fourth-order valence-corrected chi connectivity index (χ4v) is 1.72. The standard InChI is InChI=1S/C11H13NO2/c1-8-10(7-14-11(13)12-8)9-5-3-2-4-6-9/h2-6,8,10H,7H2,1H3,(H,12,13). The summed E-state index contributed by atoms with van der Waals surface area (Å²) in [6.07, 6.45) is -0.315. The third kappa shape index (κ3) is 1.71. The van der Waals surface area contributed by atoms with E-state index in [2.05, 4.69) is 17.4 Å². The van der Waals surface area contributed by atoms with Crippen molar-refractivity contribution < 1.29 is 9.53 Å². The molecule has 0 bridgehead atoms. The Hall–Kier alpha value is -1.51. The average Bonchev–Trinajstić information content (AvgIpc) is 2.19. The molecule has 2 atom stereocenters. The summed E-state index contributed by atoms with van der Waals surface area (Å²) in [6.45, 7) is 2.47. The Bertz CT molecular complexity index is 323. The molecule has 1 aromatic rings.